The lowest BCUT2D eigenvalue weighted by Gasteiger charge is -2.40. The Bertz CT molecular complexity index is 2120. The number of fused-ring (bicyclic) bond motifs is 2. The standard InChI is InChI=1S/C46H51N5O5/c52-42-18-17-41(44(53)47-42)51-29-33-27-35(13-14-37(33)45(51)54)50-25-23-48(24-26-50)28-30-19-21-49(22-20-30)34-11-9-31(10-12-34)36-7-3-4-8-39-38(36)15-16-40(46(55)56)43(39)32-5-1-2-6-32/h5,7,9-16,27,30,41H,1-4,6,8,17-26,28-29H2,(H,55,56)(H,47,52,53)/t41-/m0/s1. The summed E-state index contributed by atoms with van der Waals surface area (Å²) >= 11 is 0. The summed E-state index contributed by atoms with van der Waals surface area (Å²) in [5, 5.41) is 12.5. The minimum atomic E-state index is -0.837. The molecule has 3 amide bonds. The maximum atomic E-state index is 13.2. The van der Waals surface area contributed by atoms with E-state index in [-0.39, 0.29) is 24.1 Å². The number of imide groups is 1. The van der Waals surface area contributed by atoms with E-state index < -0.39 is 12.0 Å². The number of rotatable bonds is 8. The molecule has 10 heteroatoms. The van der Waals surface area contributed by atoms with Crippen LogP contribution in [0.15, 0.2) is 66.7 Å². The van der Waals surface area contributed by atoms with Crippen LogP contribution in [0.5, 0.6) is 0 Å². The molecule has 1 atom stereocenters. The third-order valence-corrected chi connectivity index (χ3v) is 13.1. The second-order valence-corrected chi connectivity index (χ2v) is 16.5. The molecule has 3 aromatic carbocycles. The number of anilines is 2. The van der Waals surface area contributed by atoms with Gasteiger partial charge in [0.2, 0.25) is 11.8 Å². The van der Waals surface area contributed by atoms with E-state index in [4.69, 9.17) is 0 Å². The molecule has 4 aliphatic heterocycles. The SMILES string of the molecule is O=C1CC[C@H](N2Cc3cc(N4CCN(CC5CCN(c6ccc(C7=CCCCc8c7ccc(C(=O)O)c8C7=CCCC7)cc6)CC5)CC4)ccc3C2=O)C(=O)N1. The minimum absolute atomic E-state index is 0.127. The minimum Gasteiger partial charge on any atom is -0.478 e. The van der Waals surface area contributed by atoms with Gasteiger partial charge in [0, 0.05) is 75.7 Å². The van der Waals surface area contributed by atoms with Crippen molar-refractivity contribution in [2.24, 2.45) is 5.92 Å². The molecule has 56 heavy (non-hydrogen) atoms. The van der Waals surface area contributed by atoms with Crippen molar-refractivity contribution < 1.29 is 24.3 Å². The Balaban J connectivity index is 0.781. The second kappa shape index (κ2) is 15.4. The van der Waals surface area contributed by atoms with E-state index in [0.717, 1.165) is 101 Å². The molecule has 0 saturated carbocycles. The molecule has 3 fully saturated rings. The van der Waals surface area contributed by atoms with Gasteiger partial charge in [-0.1, -0.05) is 30.4 Å². The molecule has 290 valence electrons. The van der Waals surface area contributed by atoms with Gasteiger partial charge in [0.25, 0.3) is 5.91 Å². The Morgan fingerprint density at radius 1 is 0.750 bits per heavy atom. The lowest BCUT2D eigenvalue weighted by molar-refractivity contribution is -0.136. The van der Waals surface area contributed by atoms with Gasteiger partial charge >= 0.3 is 5.97 Å². The number of aromatic carboxylic acids is 1. The van der Waals surface area contributed by atoms with Crippen molar-refractivity contribution in [3.05, 3.63) is 106 Å². The third-order valence-electron chi connectivity index (χ3n) is 13.1. The van der Waals surface area contributed by atoms with E-state index in [1.54, 1.807) is 4.90 Å². The van der Waals surface area contributed by atoms with Gasteiger partial charge in [-0.25, -0.2) is 4.79 Å². The fourth-order valence-electron chi connectivity index (χ4n) is 10.0. The first-order chi connectivity index (χ1) is 27.3. The average Bonchev–Trinajstić information content (AvgIpc) is 3.80. The molecule has 0 aromatic heterocycles. The number of piperazine rings is 1. The maximum Gasteiger partial charge on any atom is 0.336 e. The highest BCUT2D eigenvalue weighted by Gasteiger charge is 2.39. The van der Waals surface area contributed by atoms with Crippen LogP contribution >= 0.6 is 0 Å². The van der Waals surface area contributed by atoms with Crippen LogP contribution in [-0.2, 0) is 22.6 Å². The molecule has 2 aliphatic carbocycles. The quantitative estimate of drug-likeness (QED) is 0.250. The summed E-state index contributed by atoms with van der Waals surface area (Å²) < 4.78 is 0. The Labute approximate surface area is 328 Å². The number of amides is 3. The normalized spacial score (nSPS) is 22.0. The van der Waals surface area contributed by atoms with Gasteiger partial charge in [0.15, 0.2) is 0 Å². The molecule has 2 N–H and O–H groups in total. The Hall–Kier alpha value is -5.22. The summed E-state index contributed by atoms with van der Waals surface area (Å²) in [6.07, 6.45) is 13.6. The van der Waals surface area contributed by atoms with Gasteiger partial charge in [-0.3, -0.25) is 24.6 Å². The Morgan fingerprint density at radius 2 is 1.46 bits per heavy atom. The van der Waals surface area contributed by atoms with Crippen molar-refractivity contribution in [1.82, 2.24) is 15.1 Å². The van der Waals surface area contributed by atoms with Crippen LogP contribution < -0.4 is 15.1 Å². The second-order valence-electron chi connectivity index (χ2n) is 16.5. The Kier molecular flexibility index (Phi) is 10.00. The molecule has 9 rings (SSSR count). The van der Waals surface area contributed by atoms with Crippen LogP contribution in [-0.4, -0.2) is 90.5 Å². The lowest BCUT2D eigenvalue weighted by atomic mass is 9.85. The number of carboxylic acid groups (broad SMARTS) is 1. The summed E-state index contributed by atoms with van der Waals surface area (Å²) in [7, 11) is 0. The number of piperidine rings is 2. The summed E-state index contributed by atoms with van der Waals surface area (Å²) in [4.78, 5) is 58.7. The molecular weight excluding hydrogens is 703 g/mol. The van der Waals surface area contributed by atoms with Gasteiger partial charge in [-0.2, -0.15) is 0 Å². The van der Waals surface area contributed by atoms with Gasteiger partial charge in [-0.15, -0.1) is 0 Å². The summed E-state index contributed by atoms with van der Waals surface area (Å²) in [5.74, 6) is -0.935. The van der Waals surface area contributed by atoms with Crippen LogP contribution in [0.3, 0.4) is 0 Å². The van der Waals surface area contributed by atoms with Crippen LogP contribution in [0.1, 0.15) is 106 Å². The smallest absolute Gasteiger partial charge is 0.336 e. The fraction of sp³-hybridized carbons (Fsp3) is 0.435. The van der Waals surface area contributed by atoms with E-state index >= 15 is 0 Å². The number of benzene rings is 3. The summed E-state index contributed by atoms with van der Waals surface area (Å²) in [6.45, 7) is 7.53. The van der Waals surface area contributed by atoms with Crippen LogP contribution in [0.2, 0.25) is 0 Å². The molecule has 0 unspecified atom stereocenters. The third kappa shape index (κ3) is 7.04. The monoisotopic (exact) mass is 753 g/mol. The zero-order chi connectivity index (χ0) is 38.3. The van der Waals surface area contributed by atoms with Crippen LogP contribution in [0, 0.1) is 5.92 Å². The molecule has 0 bridgehead atoms. The first-order valence-electron chi connectivity index (χ1n) is 20.7. The zero-order valence-corrected chi connectivity index (χ0v) is 32.1. The van der Waals surface area contributed by atoms with E-state index in [1.165, 1.54) is 46.4 Å². The van der Waals surface area contributed by atoms with Crippen LogP contribution in [0.4, 0.5) is 11.4 Å². The topological polar surface area (TPSA) is 114 Å². The van der Waals surface area contributed by atoms with Crippen molar-refractivity contribution in [2.45, 2.75) is 76.8 Å². The van der Waals surface area contributed by atoms with Gasteiger partial charge in [-0.05, 0) is 139 Å². The molecular formula is C46H51N5O5. The number of carbonyl (C=O) groups is 4. The molecule has 10 nitrogen and oxygen atoms in total. The van der Waals surface area contributed by atoms with Gasteiger partial charge < -0.3 is 19.8 Å². The first kappa shape index (κ1) is 36.4. The number of carboxylic acids is 1. The molecule has 3 aromatic rings. The fourth-order valence-corrected chi connectivity index (χ4v) is 10.0. The zero-order valence-electron chi connectivity index (χ0n) is 32.1. The van der Waals surface area contributed by atoms with Crippen molar-refractivity contribution in [3.8, 4) is 0 Å². The highest BCUT2D eigenvalue weighted by Crippen LogP contribution is 2.40. The molecule has 3 saturated heterocycles. The van der Waals surface area contributed by atoms with E-state index in [0.29, 0.717) is 30.0 Å². The van der Waals surface area contributed by atoms with Crippen LogP contribution in [0.25, 0.3) is 11.1 Å². The highest BCUT2D eigenvalue weighted by atomic mass is 16.4. The van der Waals surface area contributed by atoms with Crippen molar-refractivity contribution in [3.63, 3.8) is 0 Å². The molecule has 0 radical (unpaired) electrons. The number of allylic oxidation sites excluding steroid dienone is 3. The maximum absolute atomic E-state index is 13.2. The predicted molar refractivity (Wildman–Crippen MR) is 218 cm³/mol. The average molecular weight is 754 g/mol. The number of nitrogens with zero attached hydrogens (tertiary/aromatic N) is 4. The summed E-state index contributed by atoms with van der Waals surface area (Å²) in [6, 6.07) is 18.4. The van der Waals surface area contributed by atoms with Crippen molar-refractivity contribution in [1.29, 1.82) is 0 Å². The molecule has 0 spiro atoms. The number of hydrogen-bond acceptors (Lipinski definition) is 7. The van der Waals surface area contributed by atoms with E-state index in [1.807, 2.05) is 24.3 Å². The highest BCUT2D eigenvalue weighted by molar-refractivity contribution is 6.05. The van der Waals surface area contributed by atoms with Gasteiger partial charge in [0.1, 0.15) is 6.04 Å². The number of nitrogens with one attached hydrogen (secondary N) is 1. The number of carbonyl (C=O) groups excluding carboxylic acids is 3. The molecule has 4 heterocycles. The first-order valence-corrected chi connectivity index (χ1v) is 20.7. The summed E-state index contributed by atoms with van der Waals surface area (Å²) in [5.41, 5.74) is 11.4. The molecule has 6 aliphatic rings. The van der Waals surface area contributed by atoms with Crippen molar-refractivity contribution in [2.75, 3.05) is 55.6 Å². The Morgan fingerprint density at radius 3 is 2.20 bits per heavy atom. The number of hydrogen-bond donors (Lipinski definition) is 2. The van der Waals surface area contributed by atoms with E-state index in [2.05, 4.69) is 62.5 Å². The van der Waals surface area contributed by atoms with Crippen molar-refractivity contribution >= 4 is 46.2 Å². The largest absolute Gasteiger partial charge is 0.478 e. The van der Waals surface area contributed by atoms with E-state index in [9.17, 15) is 24.3 Å². The lowest BCUT2D eigenvalue weighted by Crippen LogP contribution is -2.52. The predicted octanol–water partition coefficient (Wildman–Crippen LogP) is 6.52. The van der Waals surface area contributed by atoms with Gasteiger partial charge in [0.05, 0.1) is 5.56 Å².